The highest BCUT2D eigenvalue weighted by molar-refractivity contribution is 7.96. The standard InChI is InChI=1S/C21H28N6O3S/c1-25-17(12-14-4-5-14)20(28)26(2)18-13-22-21(24-19(18)25)23-15-6-8-16(9-7-15)31-27(29)10-11-30-3/h6-9,13-14,17,29H,4-5,10-12H2,1-3H3,(H,22,23,24). The van der Waals surface area contributed by atoms with E-state index in [4.69, 9.17) is 9.72 Å². The SMILES string of the molecule is COCCN(O)Sc1ccc(Nc2ncc3c(n2)N(C)C(CC2CC2)C(=O)N3C)cc1. The van der Waals surface area contributed by atoms with E-state index in [1.807, 2.05) is 36.2 Å². The molecule has 1 fully saturated rings. The number of carbonyl (C=O) groups is 1. The lowest BCUT2D eigenvalue weighted by Crippen LogP contribution is -2.51. The fourth-order valence-electron chi connectivity index (χ4n) is 3.57. The van der Waals surface area contributed by atoms with Crippen molar-refractivity contribution < 1.29 is 14.7 Å². The number of anilines is 4. The number of hydrogen-bond donors (Lipinski definition) is 2. The van der Waals surface area contributed by atoms with E-state index in [1.165, 1.54) is 24.8 Å². The summed E-state index contributed by atoms with van der Waals surface area (Å²) >= 11 is 1.23. The van der Waals surface area contributed by atoms with Crippen molar-refractivity contribution in [1.29, 1.82) is 0 Å². The Labute approximate surface area is 186 Å². The zero-order valence-corrected chi connectivity index (χ0v) is 18.8. The summed E-state index contributed by atoms with van der Waals surface area (Å²) < 4.78 is 6.10. The van der Waals surface area contributed by atoms with Gasteiger partial charge in [-0.15, -0.1) is 4.47 Å². The predicted molar refractivity (Wildman–Crippen MR) is 121 cm³/mol. The summed E-state index contributed by atoms with van der Waals surface area (Å²) in [7, 11) is 5.32. The van der Waals surface area contributed by atoms with Crippen LogP contribution in [-0.2, 0) is 9.53 Å². The van der Waals surface area contributed by atoms with Crippen molar-refractivity contribution in [3.8, 4) is 0 Å². The Hall–Kier alpha value is -2.40. The Bertz CT molecular complexity index is 924. The molecule has 1 aromatic carbocycles. The Balaban J connectivity index is 1.45. The van der Waals surface area contributed by atoms with Gasteiger partial charge in [-0.05, 0) is 48.6 Å². The molecule has 1 aromatic heterocycles. The minimum Gasteiger partial charge on any atom is -0.383 e. The number of hydroxylamine groups is 1. The number of benzene rings is 1. The van der Waals surface area contributed by atoms with Gasteiger partial charge in [0.2, 0.25) is 11.9 Å². The third-order valence-electron chi connectivity index (χ3n) is 5.59. The van der Waals surface area contributed by atoms with Crippen LogP contribution in [0.15, 0.2) is 35.4 Å². The van der Waals surface area contributed by atoms with Crippen LogP contribution in [0.2, 0.25) is 0 Å². The number of rotatable bonds is 9. The van der Waals surface area contributed by atoms with Gasteiger partial charge in [0.1, 0.15) is 11.7 Å². The van der Waals surface area contributed by atoms with Gasteiger partial charge < -0.3 is 25.1 Å². The van der Waals surface area contributed by atoms with E-state index in [9.17, 15) is 10.0 Å². The van der Waals surface area contributed by atoms with E-state index in [0.29, 0.717) is 25.0 Å². The molecule has 0 saturated heterocycles. The molecule has 1 saturated carbocycles. The molecule has 1 aliphatic carbocycles. The second-order valence-electron chi connectivity index (χ2n) is 7.91. The molecule has 2 N–H and O–H groups in total. The van der Waals surface area contributed by atoms with Gasteiger partial charge in [0, 0.05) is 31.8 Å². The molecular formula is C21H28N6O3S. The Morgan fingerprint density at radius 2 is 2.03 bits per heavy atom. The third kappa shape index (κ3) is 5.09. The molecule has 0 spiro atoms. The van der Waals surface area contributed by atoms with Gasteiger partial charge in [-0.1, -0.05) is 12.8 Å². The zero-order valence-electron chi connectivity index (χ0n) is 18.0. The highest BCUT2D eigenvalue weighted by Gasteiger charge is 2.39. The minimum absolute atomic E-state index is 0.0997. The van der Waals surface area contributed by atoms with Gasteiger partial charge in [0.05, 0.1) is 19.3 Å². The summed E-state index contributed by atoms with van der Waals surface area (Å²) in [6.07, 6.45) is 4.98. The first-order valence-corrected chi connectivity index (χ1v) is 11.1. The van der Waals surface area contributed by atoms with Crippen LogP contribution in [0.1, 0.15) is 19.3 Å². The molecule has 1 aliphatic heterocycles. The van der Waals surface area contributed by atoms with E-state index in [2.05, 4.69) is 10.3 Å². The smallest absolute Gasteiger partial charge is 0.249 e. The van der Waals surface area contributed by atoms with E-state index in [-0.39, 0.29) is 11.9 Å². The fourth-order valence-corrected chi connectivity index (χ4v) is 4.24. The molecule has 166 valence electrons. The Kier molecular flexibility index (Phi) is 6.61. The highest BCUT2D eigenvalue weighted by atomic mass is 32.2. The van der Waals surface area contributed by atoms with Crippen molar-refractivity contribution in [1.82, 2.24) is 14.4 Å². The van der Waals surface area contributed by atoms with Crippen molar-refractivity contribution in [3.05, 3.63) is 30.5 Å². The number of aromatic nitrogens is 2. The molecule has 31 heavy (non-hydrogen) atoms. The van der Waals surface area contributed by atoms with Gasteiger partial charge in [-0.3, -0.25) is 4.79 Å². The maximum atomic E-state index is 12.8. The number of amides is 1. The average molecular weight is 445 g/mol. The summed E-state index contributed by atoms with van der Waals surface area (Å²) in [6.45, 7) is 0.867. The van der Waals surface area contributed by atoms with Gasteiger partial charge in [-0.25, -0.2) is 4.98 Å². The molecule has 0 radical (unpaired) electrons. The summed E-state index contributed by atoms with van der Waals surface area (Å²) in [5, 5.41) is 13.1. The average Bonchev–Trinajstić information content (AvgIpc) is 3.59. The van der Waals surface area contributed by atoms with Gasteiger partial charge in [0.15, 0.2) is 5.82 Å². The number of hydrogen-bond acceptors (Lipinski definition) is 9. The largest absolute Gasteiger partial charge is 0.383 e. The van der Waals surface area contributed by atoms with Crippen molar-refractivity contribution >= 4 is 41.0 Å². The molecule has 1 amide bonds. The highest BCUT2D eigenvalue weighted by Crippen LogP contribution is 2.40. The van der Waals surface area contributed by atoms with Crippen molar-refractivity contribution in [2.45, 2.75) is 30.2 Å². The first-order chi connectivity index (χ1) is 15.0. The first-order valence-electron chi connectivity index (χ1n) is 10.3. The number of fused-ring (bicyclic) bond motifs is 1. The van der Waals surface area contributed by atoms with Gasteiger partial charge >= 0.3 is 0 Å². The van der Waals surface area contributed by atoms with E-state index >= 15 is 0 Å². The molecular weight excluding hydrogens is 416 g/mol. The van der Waals surface area contributed by atoms with Crippen molar-refractivity contribution in [2.24, 2.45) is 5.92 Å². The molecule has 9 nitrogen and oxygen atoms in total. The lowest BCUT2D eigenvalue weighted by atomic mass is 10.0. The lowest BCUT2D eigenvalue weighted by molar-refractivity contribution is -0.120. The summed E-state index contributed by atoms with van der Waals surface area (Å²) in [5.41, 5.74) is 1.55. The van der Waals surface area contributed by atoms with Crippen molar-refractivity contribution in [2.75, 3.05) is 49.5 Å². The monoisotopic (exact) mass is 444 g/mol. The molecule has 2 heterocycles. The number of likely N-dealkylation sites (N-methyl/N-ethyl adjacent to an activating group) is 2. The third-order valence-corrected chi connectivity index (χ3v) is 6.47. The van der Waals surface area contributed by atoms with E-state index in [0.717, 1.165) is 33.0 Å². The first kappa shape index (κ1) is 21.8. The molecule has 1 atom stereocenters. The van der Waals surface area contributed by atoms with Crippen LogP contribution in [-0.4, -0.2) is 65.9 Å². The van der Waals surface area contributed by atoms with Crippen LogP contribution >= 0.6 is 11.9 Å². The number of ether oxygens (including phenoxy) is 1. The van der Waals surface area contributed by atoms with Crippen molar-refractivity contribution in [3.63, 3.8) is 0 Å². The van der Waals surface area contributed by atoms with Crippen LogP contribution in [0.3, 0.4) is 0 Å². The minimum atomic E-state index is -0.177. The maximum Gasteiger partial charge on any atom is 0.249 e. The van der Waals surface area contributed by atoms with Crippen LogP contribution in [0.4, 0.5) is 23.1 Å². The number of nitrogens with zero attached hydrogens (tertiary/aromatic N) is 5. The second kappa shape index (κ2) is 9.39. The molecule has 0 bridgehead atoms. The van der Waals surface area contributed by atoms with Crippen LogP contribution in [0.25, 0.3) is 0 Å². The van der Waals surface area contributed by atoms with Crippen LogP contribution in [0, 0.1) is 5.92 Å². The molecule has 2 aromatic rings. The molecule has 2 aliphatic rings. The molecule has 10 heteroatoms. The lowest BCUT2D eigenvalue weighted by Gasteiger charge is -2.38. The number of nitrogens with one attached hydrogen (secondary N) is 1. The van der Waals surface area contributed by atoms with Gasteiger partial charge in [0.25, 0.3) is 0 Å². The normalized spacial score (nSPS) is 18.5. The van der Waals surface area contributed by atoms with Crippen LogP contribution < -0.4 is 15.1 Å². The van der Waals surface area contributed by atoms with Gasteiger partial charge in [-0.2, -0.15) is 4.98 Å². The number of carbonyl (C=O) groups excluding carboxylic acids is 1. The zero-order chi connectivity index (χ0) is 22.0. The Morgan fingerprint density at radius 3 is 2.71 bits per heavy atom. The topological polar surface area (TPSA) is 94.1 Å². The predicted octanol–water partition coefficient (Wildman–Crippen LogP) is 3.15. The number of methoxy groups -OCH3 is 1. The Morgan fingerprint density at radius 1 is 1.29 bits per heavy atom. The quantitative estimate of drug-likeness (QED) is 0.447. The second-order valence-corrected chi connectivity index (χ2v) is 8.99. The van der Waals surface area contributed by atoms with E-state index in [1.54, 1.807) is 25.3 Å². The summed E-state index contributed by atoms with van der Waals surface area (Å²) in [5.74, 6) is 1.98. The fraction of sp³-hybridized carbons (Fsp3) is 0.476. The molecule has 1 unspecified atom stereocenters. The summed E-state index contributed by atoms with van der Waals surface area (Å²) in [6, 6.07) is 7.45. The summed E-state index contributed by atoms with van der Waals surface area (Å²) in [4.78, 5) is 26.4. The maximum absolute atomic E-state index is 12.8. The van der Waals surface area contributed by atoms with Crippen LogP contribution in [0.5, 0.6) is 0 Å². The molecule has 4 rings (SSSR count). The van der Waals surface area contributed by atoms with E-state index < -0.39 is 0 Å².